The molecule has 0 radical (unpaired) electrons. The first kappa shape index (κ1) is 13.1. The average Bonchev–Trinajstić information content (AvgIpc) is 2.34. The minimum atomic E-state index is 0.339. The van der Waals surface area contributed by atoms with Crippen molar-refractivity contribution in [3.05, 3.63) is 24.3 Å². The van der Waals surface area contributed by atoms with Crippen molar-refractivity contribution in [2.45, 2.75) is 32.7 Å². The van der Waals surface area contributed by atoms with Gasteiger partial charge in [-0.05, 0) is 26.3 Å². The molecule has 0 saturated carbocycles. The molecular weight excluding hydrogens is 202 g/mol. The summed E-state index contributed by atoms with van der Waals surface area (Å²) >= 11 is 0. The van der Waals surface area contributed by atoms with Gasteiger partial charge in [-0.25, -0.2) is 9.97 Å². The number of hydrogen-bond donors (Lipinski definition) is 1. The molecule has 1 unspecified atom stereocenters. The average molecular weight is 223 g/mol. The molecule has 1 N–H and O–H groups in total. The summed E-state index contributed by atoms with van der Waals surface area (Å²) < 4.78 is 5.34. The van der Waals surface area contributed by atoms with Crippen LogP contribution in [0.15, 0.2) is 18.7 Å². The van der Waals surface area contributed by atoms with Gasteiger partial charge < -0.3 is 10.1 Å². The third-order valence-electron chi connectivity index (χ3n) is 2.42. The van der Waals surface area contributed by atoms with Crippen LogP contribution in [0.5, 0.6) is 0 Å². The van der Waals surface area contributed by atoms with Gasteiger partial charge in [-0.15, -0.1) is 0 Å². The molecule has 16 heavy (non-hydrogen) atoms. The number of hydrogen-bond acceptors (Lipinski definition) is 4. The van der Waals surface area contributed by atoms with Crippen molar-refractivity contribution in [2.75, 3.05) is 19.8 Å². The van der Waals surface area contributed by atoms with Gasteiger partial charge in [0.05, 0.1) is 0 Å². The first-order chi connectivity index (χ1) is 7.88. The lowest BCUT2D eigenvalue weighted by atomic mass is 10.1. The van der Waals surface area contributed by atoms with E-state index in [4.69, 9.17) is 4.74 Å². The smallest absolute Gasteiger partial charge is 0.115 e. The highest BCUT2D eigenvalue weighted by molar-refractivity contribution is 5.08. The van der Waals surface area contributed by atoms with Crippen molar-refractivity contribution in [1.29, 1.82) is 0 Å². The van der Waals surface area contributed by atoms with Crippen molar-refractivity contribution in [1.82, 2.24) is 15.3 Å². The van der Waals surface area contributed by atoms with Crippen LogP contribution in [-0.4, -0.2) is 29.7 Å². The Labute approximate surface area is 97.5 Å². The van der Waals surface area contributed by atoms with Crippen molar-refractivity contribution in [2.24, 2.45) is 0 Å². The van der Waals surface area contributed by atoms with Crippen molar-refractivity contribution < 1.29 is 4.74 Å². The summed E-state index contributed by atoms with van der Waals surface area (Å²) in [4.78, 5) is 8.10. The summed E-state index contributed by atoms with van der Waals surface area (Å²) in [5.74, 6) is 0. The minimum Gasteiger partial charge on any atom is -0.382 e. The Morgan fingerprint density at radius 3 is 2.69 bits per heavy atom. The Morgan fingerprint density at radius 2 is 2.06 bits per heavy atom. The van der Waals surface area contributed by atoms with E-state index in [2.05, 4.69) is 22.2 Å². The van der Waals surface area contributed by atoms with Crippen LogP contribution >= 0.6 is 0 Å². The van der Waals surface area contributed by atoms with E-state index in [0.29, 0.717) is 6.04 Å². The van der Waals surface area contributed by atoms with Crippen LogP contribution in [0.3, 0.4) is 0 Å². The van der Waals surface area contributed by atoms with Gasteiger partial charge >= 0.3 is 0 Å². The summed E-state index contributed by atoms with van der Waals surface area (Å²) in [6, 6.07) is 0.339. The number of ether oxygens (including phenoxy) is 1. The van der Waals surface area contributed by atoms with E-state index in [-0.39, 0.29) is 0 Å². The Bertz CT molecular complexity index is 266. The molecule has 0 aliphatic carbocycles. The molecule has 0 fully saturated rings. The molecule has 0 aliphatic heterocycles. The highest BCUT2D eigenvalue weighted by atomic mass is 16.5. The SMILES string of the molecule is CCNC(CCCOCC)c1cncnc1. The van der Waals surface area contributed by atoms with E-state index >= 15 is 0 Å². The fraction of sp³-hybridized carbons (Fsp3) is 0.667. The van der Waals surface area contributed by atoms with Crippen LogP contribution < -0.4 is 5.32 Å². The molecule has 1 aromatic heterocycles. The molecule has 1 aromatic rings. The molecule has 1 atom stereocenters. The first-order valence-corrected chi connectivity index (χ1v) is 5.94. The van der Waals surface area contributed by atoms with Crippen molar-refractivity contribution in [3.63, 3.8) is 0 Å². The van der Waals surface area contributed by atoms with E-state index in [1.54, 1.807) is 6.33 Å². The number of nitrogens with zero attached hydrogens (tertiary/aromatic N) is 2. The zero-order valence-corrected chi connectivity index (χ0v) is 10.1. The molecule has 0 saturated heterocycles. The van der Waals surface area contributed by atoms with Gasteiger partial charge in [0.25, 0.3) is 0 Å². The fourth-order valence-electron chi connectivity index (χ4n) is 1.66. The maximum absolute atomic E-state index is 5.34. The van der Waals surface area contributed by atoms with Crippen LogP contribution in [0.1, 0.15) is 38.3 Å². The van der Waals surface area contributed by atoms with Gasteiger partial charge in [-0.2, -0.15) is 0 Å². The highest BCUT2D eigenvalue weighted by Crippen LogP contribution is 2.16. The normalized spacial score (nSPS) is 12.6. The van der Waals surface area contributed by atoms with Crippen LogP contribution in [0.4, 0.5) is 0 Å². The summed E-state index contributed by atoms with van der Waals surface area (Å²) in [6.45, 7) is 6.70. The van der Waals surface area contributed by atoms with Gasteiger partial charge in [-0.1, -0.05) is 6.92 Å². The Hall–Kier alpha value is -1.00. The second kappa shape index (κ2) is 8.19. The third-order valence-corrected chi connectivity index (χ3v) is 2.42. The largest absolute Gasteiger partial charge is 0.382 e. The van der Waals surface area contributed by atoms with Crippen LogP contribution in [-0.2, 0) is 4.74 Å². The maximum atomic E-state index is 5.34. The molecule has 0 spiro atoms. The Kier molecular flexibility index (Phi) is 6.69. The summed E-state index contributed by atoms with van der Waals surface area (Å²) in [6.07, 6.45) is 7.43. The molecular formula is C12H21N3O. The van der Waals surface area contributed by atoms with E-state index in [0.717, 1.165) is 38.2 Å². The lowest BCUT2D eigenvalue weighted by Gasteiger charge is -2.17. The second-order valence-corrected chi connectivity index (χ2v) is 3.62. The summed E-state index contributed by atoms with van der Waals surface area (Å²) in [7, 11) is 0. The van der Waals surface area contributed by atoms with Crippen molar-refractivity contribution in [3.8, 4) is 0 Å². The molecule has 4 heteroatoms. The van der Waals surface area contributed by atoms with Gasteiger partial charge in [-0.3, -0.25) is 0 Å². The third kappa shape index (κ3) is 4.68. The molecule has 0 amide bonds. The van der Waals surface area contributed by atoms with Gasteiger partial charge in [0.1, 0.15) is 6.33 Å². The van der Waals surface area contributed by atoms with Crippen LogP contribution in [0.2, 0.25) is 0 Å². The molecule has 0 bridgehead atoms. The highest BCUT2D eigenvalue weighted by Gasteiger charge is 2.09. The van der Waals surface area contributed by atoms with Crippen LogP contribution in [0.25, 0.3) is 0 Å². The minimum absolute atomic E-state index is 0.339. The number of nitrogens with one attached hydrogen (secondary N) is 1. The molecule has 4 nitrogen and oxygen atoms in total. The molecule has 1 rings (SSSR count). The molecule has 0 aliphatic rings. The van der Waals surface area contributed by atoms with Crippen LogP contribution in [0, 0.1) is 0 Å². The fourth-order valence-corrected chi connectivity index (χ4v) is 1.66. The predicted octanol–water partition coefficient (Wildman–Crippen LogP) is 1.94. The van der Waals surface area contributed by atoms with E-state index < -0.39 is 0 Å². The molecule has 1 heterocycles. The summed E-state index contributed by atoms with van der Waals surface area (Å²) in [5, 5.41) is 3.44. The zero-order chi connectivity index (χ0) is 11.6. The molecule has 90 valence electrons. The first-order valence-electron chi connectivity index (χ1n) is 5.94. The van der Waals surface area contributed by atoms with Gasteiger partial charge in [0, 0.05) is 37.2 Å². The van der Waals surface area contributed by atoms with Gasteiger partial charge in [0.15, 0.2) is 0 Å². The lowest BCUT2D eigenvalue weighted by molar-refractivity contribution is 0.141. The quantitative estimate of drug-likeness (QED) is 0.684. The second-order valence-electron chi connectivity index (χ2n) is 3.62. The van der Waals surface area contributed by atoms with Gasteiger partial charge in [0.2, 0.25) is 0 Å². The zero-order valence-electron chi connectivity index (χ0n) is 10.1. The van der Waals surface area contributed by atoms with E-state index in [1.807, 2.05) is 19.3 Å². The maximum Gasteiger partial charge on any atom is 0.115 e. The molecule has 0 aromatic carbocycles. The predicted molar refractivity (Wildman–Crippen MR) is 64.2 cm³/mol. The number of rotatable bonds is 8. The monoisotopic (exact) mass is 223 g/mol. The van der Waals surface area contributed by atoms with Crippen molar-refractivity contribution >= 4 is 0 Å². The standard InChI is InChI=1S/C12H21N3O/c1-3-15-12(6-5-7-16-4-2)11-8-13-10-14-9-11/h8-10,12,15H,3-7H2,1-2H3. The number of aromatic nitrogens is 2. The van der Waals surface area contributed by atoms with E-state index in [9.17, 15) is 0 Å². The topological polar surface area (TPSA) is 47.0 Å². The Balaban J connectivity index is 2.41. The lowest BCUT2D eigenvalue weighted by Crippen LogP contribution is -2.21. The van der Waals surface area contributed by atoms with E-state index in [1.165, 1.54) is 0 Å². The Morgan fingerprint density at radius 1 is 1.31 bits per heavy atom. The summed E-state index contributed by atoms with van der Waals surface area (Å²) in [5.41, 5.74) is 1.15.